The average Bonchev–Trinajstić information content (AvgIpc) is 2.40. The lowest BCUT2D eigenvalue weighted by Crippen LogP contribution is -2.50. The standard InChI is InChI=1S/C13H15BrCl2N2O/c1-2-17-9-4-3-7-18(13(9)19)10-6-5-8(14)11(15)12(10)16/h5-6,9,17H,2-4,7H2,1H3. The molecule has 19 heavy (non-hydrogen) atoms. The van der Waals surface area contributed by atoms with Crippen molar-refractivity contribution in [1.82, 2.24) is 5.32 Å². The Hall–Kier alpha value is -0.290. The summed E-state index contributed by atoms with van der Waals surface area (Å²) in [5, 5.41) is 4.06. The summed E-state index contributed by atoms with van der Waals surface area (Å²) in [7, 11) is 0. The molecule has 1 amide bonds. The molecule has 1 aliphatic heterocycles. The Kier molecular flexibility index (Phi) is 5.12. The first-order valence-electron chi connectivity index (χ1n) is 6.24. The molecule has 1 aromatic carbocycles. The average molecular weight is 366 g/mol. The number of halogens is 3. The number of likely N-dealkylation sites (N-methyl/N-ethyl adjacent to an activating group) is 1. The van der Waals surface area contributed by atoms with Crippen LogP contribution < -0.4 is 10.2 Å². The summed E-state index contributed by atoms with van der Waals surface area (Å²) in [6.07, 6.45) is 1.82. The van der Waals surface area contributed by atoms with Crippen LogP contribution in [-0.2, 0) is 4.79 Å². The van der Waals surface area contributed by atoms with Crippen LogP contribution in [0.1, 0.15) is 19.8 Å². The van der Waals surface area contributed by atoms with E-state index in [1.54, 1.807) is 4.90 Å². The summed E-state index contributed by atoms with van der Waals surface area (Å²) in [6, 6.07) is 3.51. The molecule has 0 aromatic heterocycles. The zero-order valence-electron chi connectivity index (χ0n) is 10.5. The van der Waals surface area contributed by atoms with E-state index in [4.69, 9.17) is 23.2 Å². The molecule has 0 radical (unpaired) electrons. The van der Waals surface area contributed by atoms with Crippen molar-refractivity contribution in [2.45, 2.75) is 25.8 Å². The molecule has 1 aromatic rings. The van der Waals surface area contributed by atoms with E-state index >= 15 is 0 Å². The monoisotopic (exact) mass is 364 g/mol. The van der Waals surface area contributed by atoms with Gasteiger partial charge in [-0.05, 0) is 47.4 Å². The highest BCUT2D eigenvalue weighted by Gasteiger charge is 2.30. The fraction of sp³-hybridized carbons (Fsp3) is 0.462. The third kappa shape index (κ3) is 3.07. The molecule has 1 saturated heterocycles. The maximum absolute atomic E-state index is 12.4. The van der Waals surface area contributed by atoms with Gasteiger partial charge < -0.3 is 10.2 Å². The number of hydrogen-bond acceptors (Lipinski definition) is 2. The van der Waals surface area contributed by atoms with E-state index in [-0.39, 0.29) is 11.9 Å². The first-order valence-corrected chi connectivity index (χ1v) is 7.79. The van der Waals surface area contributed by atoms with Crippen molar-refractivity contribution in [2.24, 2.45) is 0 Å². The minimum absolute atomic E-state index is 0.0633. The molecule has 0 aliphatic carbocycles. The highest BCUT2D eigenvalue weighted by atomic mass is 79.9. The highest BCUT2D eigenvalue weighted by molar-refractivity contribution is 9.10. The fourth-order valence-electron chi connectivity index (χ4n) is 2.27. The number of carbonyl (C=O) groups is 1. The molecule has 104 valence electrons. The maximum Gasteiger partial charge on any atom is 0.244 e. The Bertz CT molecular complexity index is 494. The highest BCUT2D eigenvalue weighted by Crippen LogP contribution is 2.38. The summed E-state index contributed by atoms with van der Waals surface area (Å²) >= 11 is 15.7. The molecule has 1 atom stereocenters. The van der Waals surface area contributed by atoms with Crippen LogP contribution in [-0.4, -0.2) is 25.0 Å². The van der Waals surface area contributed by atoms with Crippen LogP contribution >= 0.6 is 39.1 Å². The molecule has 2 rings (SSSR count). The lowest BCUT2D eigenvalue weighted by molar-refractivity contribution is -0.121. The van der Waals surface area contributed by atoms with Gasteiger partial charge in [-0.2, -0.15) is 0 Å². The third-order valence-electron chi connectivity index (χ3n) is 3.19. The Labute approximate surface area is 131 Å². The van der Waals surface area contributed by atoms with E-state index < -0.39 is 0 Å². The van der Waals surface area contributed by atoms with Gasteiger partial charge in [-0.3, -0.25) is 4.79 Å². The molecule has 0 saturated carbocycles. The second-order valence-corrected chi connectivity index (χ2v) is 6.05. The smallest absolute Gasteiger partial charge is 0.244 e. The number of nitrogens with zero attached hydrogens (tertiary/aromatic N) is 1. The molecular formula is C13H15BrCl2N2O. The normalized spacial score (nSPS) is 19.9. The zero-order chi connectivity index (χ0) is 14.0. The van der Waals surface area contributed by atoms with Crippen molar-refractivity contribution in [1.29, 1.82) is 0 Å². The lowest BCUT2D eigenvalue weighted by Gasteiger charge is -2.33. The fourth-order valence-corrected chi connectivity index (χ4v) is 3.15. The molecule has 1 fully saturated rings. The molecule has 1 heterocycles. The van der Waals surface area contributed by atoms with Crippen molar-refractivity contribution in [2.75, 3.05) is 18.0 Å². The van der Waals surface area contributed by atoms with Crippen LogP contribution in [0, 0.1) is 0 Å². The van der Waals surface area contributed by atoms with E-state index in [0.29, 0.717) is 22.3 Å². The Morgan fingerprint density at radius 1 is 1.42 bits per heavy atom. The summed E-state index contributed by atoms with van der Waals surface area (Å²) < 4.78 is 0.732. The Morgan fingerprint density at radius 2 is 2.16 bits per heavy atom. The molecule has 1 N–H and O–H groups in total. The van der Waals surface area contributed by atoms with E-state index in [0.717, 1.165) is 23.9 Å². The number of amides is 1. The van der Waals surface area contributed by atoms with Crippen molar-refractivity contribution in [3.8, 4) is 0 Å². The topological polar surface area (TPSA) is 32.3 Å². The lowest BCUT2D eigenvalue weighted by atomic mass is 10.0. The van der Waals surface area contributed by atoms with Crippen molar-refractivity contribution in [3.05, 3.63) is 26.7 Å². The van der Waals surface area contributed by atoms with Crippen LogP contribution in [0.25, 0.3) is 0 Å². The second-order valence-electron chi connectivity index (χ2n) is 4.44. The zero-order valence-corrected chi connectivity index (χ0v) is 13.6. The Balaban J connectivity index is 2.31. The van der Waals surface area contributed by atoms with Gasteiger partial charge in [-0.15, -0.1) is 0 Å². The van der Waals surface area contributed by atoms with E-state index in [2.05, 4.69) is 21.2 Å². The number of nitrogens with one attached hydrogen (secondary N) is 1. The van der Waals surface area contributed by atoms with E-state index in [1.807, 2.05) is 19.1 Å². The van der Waals surface area contributed by atoms with Crippen molar-refractivity contribution in [3.63, 3.8) is 0 Å². The molecule has 1 aliphatic rings. The molecule has 3 nitrogen and oxygen atoms in total. The number of hydrogen-bond donors (Lipinski definition) is 1. The Morgan fingerprint density at radius 3 is 2.84 bits per heavy atom. The summed E-state index contributed by atoms with van der Waals surface area (Å²) in [5.41, 5.74) is 0.683. The molecule has 0 bridgehead atoms. The van der Waals surface area contributed by atoms with Gasteiger partial charge in [0.05, 0.1) is 21.8 Å². The quantitative estimate of drug-likeness (QED) is 0.825. The van der Waals surface area contributed by atoms with Crippen LogP contribution in [0.4, 0.5) is 5.69 Å². The van der Waals surface area contributed by atoms with Crippen molar-refractivity contribution < 1.29 is 4.79 Å². The van der Waals surface area contributed by atoms with Crippen LogP contribution in [0.5, 0.6) is 0 Å². The SMILES string of the molecule is CCNC1CCCN(c2ccc(Br)c(Cl)c2Cl)C1=O. The first-order chi connectivity index (χ1) is 9.06. The van der Waals surface area contributed by atoms with E-state index in [1.165, 1.54) is 0 Å². The second kappa shape index (κ2) is 6.44. The minimum Gasteiger partial charge on any atom is -0.310 e. The van der Waals surface area contributed by atoms with Gasteiger partial charge >= 0.3 is 0 Å². The van der Waals surface area contributed by atoms with Crippen molar-refractivity contribution >= 4 is 50.7 Å². The molecule has 0 spiro atoms. The van der Waals surface area contributed by atoms with Gasteiger partial charge in [0, 0.05) is 11.0 Å². The number of rotatable bonds is 3. The molecule has 6 heteroatoms. The minimum atomic E-state index is -0.128. The van der Waals surface area contributed by atoms with Crippen LogP contribution in [0.2, 0.25) is 10.0 Å². The number of carbonyl (C=O) groups excluding carboxylic acids is 1. The molecular weight excluding hydrogens is 351 g/mol. The predicted molar refractivity (Wildman–Crippen MR) is 83.2 cm³/mol. The van der Waals surface area contributed by atoms with Gasteiger partial charge in [0.1, 0.15) is 0 Å². The first kappa shape index (κ1) is 15.1. The van der Waals surface area contributed by atoms with Gasteiger partial charge in [0.25, 0.3) is 0 Å². The molecule has 1 unspecified atom stereocenters. The number of benzene rings is 1. The summed E-state index contributed by atoms with van der Waals surface area (Å²) in [6.45, 7) is 3.45. The third-order valence-corrected chi connectivity index (χ3v) is 4.96. The largest absolute Gasteiger partial charge is 0.310 e. The van der Waals surface area contributed by atoms with E-state index in [9.17, 15) is 4.79 Å². The summed E-state index contributed by atoms with van der Waals surface area (Å²) in [4.78, 5) is 14.1. The van der Waals surface area contributed by atoms with Gasteiger partial charge in [0.15, 0.2) is 0 Å². The predicted octanol–water partition coefficient (Wildman–Crippen LogP) is 3.86. The van der Waals surface area contributed by atoms with Gasteiger partial charge in [-0.25, -0.2) is 0 Å². The summed E-state index contributed by atoms with van der Waals surface area (Å²) in [5.74, 6) is 0.0633. The van der Waals surface area contributed by atoms with Crippen LogP contribution in [0.3, 0.4) is 0 Å². The number of anilines is 1. The number of piperidine rings is 1. The van der Waals surface area contributed by atoms with Gasteiger partial charge in [0.2, 0.25) is 5.91 Å². The maximum atomic E-state index is 12.4. The van der Waals surface area contributed by atoms with Crippen LogP contribution in [0.15, 0.2) is 16.6 Å². The van der Waals surface area contributed by atoms with Gasteiger partial charge in [-0.1, -0.05) is 30.1 Å².